The number of halogens is 2. The van der Waals surface area contributed by atoms with E-state index in [1.807, 2.05) is 36.5 Å². The molecule has 0 spiro atoms. The molecule has 1 aromatic heterocycles. The Morgan fingerprint density at radius 2 is 1.90 bits per heavy atom. The number of rotatable bonds is 6. The summed E-state index contributed by atoms with van der Waals surface area (Å²) in [5.74, 6) is 0.0146. The lowest BCUT2D eigenvalue weighted by Gasteiger charge is -2.09. The van der Waals surface area contributed by atoms with E-state index in [0.717, 1.165) is 22.5 Å². The molecule has 0 aliphatic carbocycles. The molecule has 4 rings (SSSR count). The minimum absolute atomic E-state index is 0.405. The predicted molar refractivity (Wildman–Crippen MR) is 123 cm³/mol. The van der Waals surface area contributed by atoms with E-state index in [2.05, 4.69) is 20.3 Å². The lowest BCUT2D eigenvalue weighted by molar-refractivity contribution is 0.0601. The summed E-state index contributed by atoms with van der Waals surface area (Å²) >= 11 is 12.6. The number of aliphatic imine (C=N–C) groups is 1. The standard InChI is InChI=1S/C23H18Cl2N4O2/c1-31-22(30)14-4-2-5-16(10-14)28-23-26-9-8-21(29-23)15-11-17(27-13-15)12-18-19(24)6-3-7-20(18)25/h2-10,13H,11-12H2,1H3,(H,26,28,29). The number of allylic oxidation sites excluding steroid dienone is 1. The van der Waals surface area contributed by atoms with E-state index in [-0.39, 0.29) is 0 Å². The number of ether oxygens (including phenoxy) is 1. The zero-order chi connectivity index (χ0) is 21.8. The maximum Gasteiger partial charge on any atom is 0.337 e. The van der Waals surface area contributed by atoms with Gasteiger partial charge in [-0.2, -0.15) is 0 Å². The van der Waals surface area contributed by atoms with Gasteiger partial charge in [-0.05, 0) is 42.0 Å². The van der Waals surface area contributed by atoms with Crippen molar-refractivity contribution in [1.82, 2.24) is 9.97 Å². The van der Waals surface area contributed by atoms with Gasteiger partial charge in [0.15, 0.2) is 0 Å². The van der Waals surface area contributed by atoms with Crippen LogP contribution in [0.25, 0.3) is 5.57 Å². The highest BCUT2D eigenvalue weighted by Crippen LogP contribution is 2.29. The van der Waals surface area contributed by atoms with E-state index in [9.17, 15) is 4.79 Å². The molecule has 0 atom stereocenters. The van der Waals surface area contributed by atoms with Crippen LogP contribution < -0.4 is 5.32 Å². The van der Waals surface area contributed by atoms with E-state index in [0.29, 0.717) is 40.1 Å². The van der Waals surface area contributed by atoms with Crippen molar-refractivity contribution in [2.45, 2.75) is 12.8 Å². The number of methoxy groups -OCH3 is 1. The Morgan fingerprint density at radius 1 is 1.13 bits per heavy atom. The summed E-state index contributed by atoms with van der Waals surface area (Å²) in [6.45, 7) is 0. The second-order valence-corrected chi connectivity index (χ2v) is 7.68. The Morgan fingerprint density at radius 3 is 2.68 bits per heavy atom. The average molecular weight is 453 g/mol. The van der Waals surface area contributed by atoms with Crippen LogP contribution in [0.1, 0.15) is 28.0 Å². The Balaban J connectivity index is 1.46. The minimum atomic E-state index is -0.405. The van der Waals surface area contributed by atoms with Crippen LogP contribution in [0.2, 0.25) is 10.0 Å². The number of nitrogens with zero attached hydrogens (tertiary/aromatic N) is 3. The van der Waals surface area contributed by atoms with Crippen LogP contribution in [0.4, 0.5) is 11.6 Å². The summed E-state index contributed by atoms with van der Waals surface area (Å²) in [6, 6.07) is 14.3. The van der Waals surface area contributed by atoms with Gasteiger partial charge in [0.25, 0.3) is 0 Å². The van der Waals surface area contributed by atoms with Gasteiger partial charge >= 0.3 is 5.97 Å². The maximum atomic E-state index is 11.7. The number of anilines is 2. The van der Waals surface area contributed by atoms with Crippen LogP contribution in [0.15, 0.2) is 65.9 Å². The minimum Gasteiger partial charge on any atom is -0.465 e. The average Bonchev–Trinajstić information content (AvgIpc) is 3.25. The molecule has 2 aromatic carbocycles. The van der Waals surface area contributed by atoms with Gasteiger partial charge in [0, 0.05) is 52.3 Å². The Bertz CT molecular complexity index is 1190. The van der Waals surface area contributed by atoms with Gasteiger partial charge in [0.2, 0.25) is 5.95 Å². The van der Waals surface area contributed by atoms with Gasteiger partial charge in [0.05, 0.1) is 18.4 Å². The van der Waals surface area contributed by atoms with Gasteiger partial charge < -0.3 is 10.1 Å². The molecule has 0 amide bonds. The summed E-state index contributed by atoms with van der Waals surface area (Å²) in [6.07, 6.45) is 4.72. The molecule has 0 bridgehead atoms. The lowest BCUT2D eigenvalue weighted by Crippen LogP contribution is -2.04. The van der Waals surface area contributed by atoms with Crippen LogP contribution >= 0.6 is 23.2 Å². The summed E-state index contributed by atoms with van der Waals surface area (Å²) in [5.41, 5.74) is 4.71. The second kappa shape index (κ2) is 9.29. The van der Waals surface area contributed by atoms with Crippen LogP contribution in [-0.2, 0) is 11.2 Å². The number of hydrogen-bond donors (Lipinski definition) is 1. The smallest absolute Gasteiger partial charge is 0.337 e. The molecule has 0 radical (unpaired) electrons. The molecule has 1 aliphatic heterocycles. The van der Waals surface area contributed by atoms with Crippen molar-refractivity contribution < 1.29 is 9.53 Å². The molecular weight excluding hydrogens is 435 g/mol. The van der Waals surface area contributed by atoms with E-state index >= 15 is 0 Å². The third-order valence-electron chi connectivity index (χ3n) is 4.76. The normalized spacial score (nSPS) is 12.9. The number of esters is 1. The molecule has 3 aromatic rings. The fourth-order valence-electron chi connectivity index (χ4n) is 3.22. The number of carbonyl (C=O) groups excluding carboxylic acids is 1. The molecule has 8 heteroatoms. The van der Waals surface area contributed by atoms with Crippen molar-refractivity contribution in [3.8, 4) is 0 Å². The van der Waals surface area contributed by atoms with E-state index in [4.69, 9.17) is 27.9 Å². The predicted octanol–water partition coefficient (Wildman–Crippen LogP) is 5.74. The fourth-order valence-corrected chi connectivity index (χ4v) is 3.75. The quantitative estimate of drug-likeness (QED) is 0.482. The number of hydrogen-bond acceptors (Lipinski definition) is 6. The molecule has 0 fully saturated rings. The summed E-state index contributed by atoms with van der Waals surface area (Å²) in [4.78, 5) is 25.1. The number of aromatic nitrogens is 2. The van der Waals surface area contributed by atoms with Gasteiger partial charge in [-0.25, -0.2) is 14.8 Å². The first kappa shape index (κ1) is 21.0. The van der Waals surface area contributed by atoms with Gasteiger partial charge in [-0.15, -0.1) is 0 Å². The summed E-state index contributed by atoms with van der Waals surface area (Å²) < 4.78 is 4.76. The van der Waals surface area contributed by atoms with Gasteiger partial charge in [0.1, 0.15) is 0 Å². The molecule has 0 saturated heterocycles. The molecular formula is C23H18Cl2N4O2. The van der Waals surface area contributed by atoms with Crippen molar-refractivity contribution in [3.63, 3.8) is 0 Å². The van der Waals surface area contributed by atoms with Crippen molar-refractivity contribution >= 4 is 52.1 Å². The topological polar surface area (TPSA) is 76.5 Å². The Hall–Kier alpha value is -3.22. The first-order chi connectivity index (χ1) is 15.0. The van der Waals surface area contributed by atoms with Crippen LogP contribution in [0.5, 0.6) is 0 Å². The molecule has 1 N–H and O–H groups in total. The largest absolute Gasteiger partial charge is 0.465 e. The number of nitrogens with one attached hydrogen (secondary N) is 1. The molecule has 0 saturated carbocycles. The molecule has 156 valence electrons. The van der Waals surface area contributed by atoms with Gasteiger partial charge in [-0.3, -0.25) is 4.99 Å². The van der Waals surface area contributed by atoms with Crippen molar-refractivity contribution in [2.24, 2.45) is 4.99 Å². The zero-order valence-corrected chi connectivity index (χ0v) is 18.1. The number of benzene rings is 2. The van der Waals surface area contributed by atoms with Gasteiger partial charge in [-0.1, -0.05) is 35.3 Å². The third kappa shape index (κ3) is 4.93. The van der Waals surface area contributed by atoms with Crippen molar-refractivity contribution in [2.75, 3.05) is 12.4 Å². The van der Waals surface area contributed by atoms with Crippen molar-refractivity contribution in [1.29, 1.82) is 0 Å². The van der Waals surface area contributed by atoms with Crippen LogP contribution in [0, 0.1) is 0 Å². The second-order valence-electron chi connectivity index (χ2n) is 6.87. The maximum absolute atomic E-state index is 11.7. The monoisotopic (exact) mass is 452 g/mol. The summed E-state index contributed by atoms with van der Waals surface area (Å²) in [7, 11) is 1.35. The highest BCUT2D eigenvalue weighted by molar-refractivity contribution is 6.36. The fraction of sp³-hybridized carbons (Fsp3) is 0.130. The zero-order valence-electron chi connectivity index (χ0n) is 16.6. The van der Waals surface area contributed by atoms with E-state index in [1.54, 1.807) is 24.4 Å². The molecule has 31 heavy (non-hydrogen) atoms. The first-order valence-corrected chi connectivity index (χ1v) is 10.3. The third-order valence-corrected chi connectivity index (χ3v) is 5.47. The Labute approximate surface area is 189 Å². The van der Waals surface area contributed by atoms with Crippen molar-refractivity contribution in [3.05, 3.63) is 87.8 Å². The van der Waals surface area contributed by atoms with E-state index in [1.165, 1.54) is 7.11 Å². The summed E-state index contributed by atoms with van der Waals surface area (Å²) in [5, 5.41) is 4.39. The molecule has 1 aliphatic rings. The lowest BCUT2D eigenvalue weighted by atomic mass is 10.0. The number of carbonyl (C=O) groups is 1. The highest BCUT2D eigenvalue weighted by Gasteiger charge is 2.17. The molecule has 2 heterocycles. The Kier molecular flexibility index (Phi) is 6.30. The molecule has 6 nitrogen and oxygen atoms in total. The van der Waals surface area contributed by atoms with Crippen LogP contribution in [0.3, 0.4) is 0 Å². The van der Waals surface area contributed by atoms with E-state index < -0.39 is 5.97 Å². The highest BCUT2D eigenvalue weighted by atomic mass is 35.5. The first-order valence-electron chi connectivity index (χ1n) is 9.50. The van der Waals surface area contributed by atoms with Crippen LogP contribution in [-0.4, -0.2) is 28.8 Å². The SMILES string of the molecule is COC(=O)c1cccc(Nc2nccc(C3=CN=C(Cc4c(Cl)cccc4Cl)C3)n2)c1. The molecule has 0 unspecified atom stereocenters.